The molecule has 0 spiro atoms. The van der Waals surface area contributed by atoms with Crippen LogP contribution in [0.15, 0.2) is 54.6 Å². The van der Waals surface area contributed by atoms with E-state index >= 15 is 0 Å². The van der Waals surface area contributed by atoms with Crippen LogP contribution >= 0.6 is 0 Å². The predicted molar refractivity (Wildman–Crippen MR) is 104 cm³/mol. The summed E-state index contributed by atoms with van der Waals surface area (Å²) in [5.41, 5.74) is 5.50. The molecule has 0 aliphatic heterocycles. The predicted octanol–water partition coefficient (Wildman–Crippen LogP) is 6.42. The number of hydrogen-bond acceptors (Lipinski definition) is 1. The van der Waals surface area contributed by atoms with Crippen LogP contribution in [0.2, 0.25) is 0 Å². The van der Waals surface area contributed by atoms with Gasteiger partial charge in [0.05, 0.1) is 7.11 Å². The molecule has 0 aliphatic carbocycles. The van der Waals surface area contributed by atoms with Gasteiger partial charge in [0.25, 0.3) is 0 Å². The maximum Gasteiger partial charge on any atom is 0.126 e. The minimum Gasteiger partial charge on any atom is -0.496 e. The van der Waals surface area contributed by atoms with Crippen LogP contribution in [0.25, 0.3) is 21.9 Å². The van der Waals surface area contributed by atoms with E-state index in [4.69, 9.17) is 4.74 Å². The summed E-state index contributed by atoms with van der Waals surface area (Å²) in [4.78, 5) is 0. The van der Waals surface area contributed by atoms with Gasteiger partial charge in [0.1, 0.15) is 5.75 Å². The second kappa shape index (κ2) is 7.53. The van der Waals surface area contributed by atoms with E-state index in [2.05, 4.69) is 68.4 Å². The second-order valence-corrected chi connectivity index (χ2v) is 6.40. The highest BCUT2D eigenvalue weighted by Gasteiger charge is 2.10. The molecule has 0 fully saturated rings. The molecular formula is C23H26O. The normalized spacial score (nSPS) is 11.0. The van der Waals surface area contributed by atoms with Gasteiger partial charge in [-0.1, -0.05) is 75.2 Å². The minimum absolute atomic E-state index is 0.938. The lowest BCUT2D eigenvalue weighted by atomic mass is 9.93. The average Bonchev–Trinajstić information content (AvgIpc) is 2.61. The fourth-order valence-electron chi connectivity index (χ4n) is 3.49. The van der Waals surface area contributed by atoms with Crippen molar-refractivity contribution in [1.82, 2.24) is 0 Å². The van der Waals surface area contributed by atoms with E-state index in [0.29, 0.717) is 0 Å². The first-order chi connectivity index (χ1) is 11.8. The third kappa shape index (κ3) is 3.31. The van der Waals surface area contributed by atoms with E-state index in [9.17, 15) is 0 Å². The van der Waals surface area contributed by atoms with Crippen molar-refractivity contribution in [2.75, 3.05) is 7.11 Å². The van der Waals surface area contributed by atoms with Crippen molar-refractivity contribution in [3.8, 4) is 16.9 Å². The van der Waals surface area contributed by atoms with Crippen LogP contribution in [0.5, 0.6) is 5.75 Å². The van der Waals surface area contributed by atoms with Crippen molar-refractivity contribution in [3.63, 3.8) is 0 Å². The molecular weight excluding hydrogens is 292 g/mol. The van der Waals surface area contributed by atoms with Crippen LogP contribution in [0.3, 0.4) is 0 Å². The summed E-state index contributed by atoms with van der Waals surface area (Å²) in [6, 6.07) is 19.9. The average molecular weight is 318 g/mol. The monoisotopic (exact) mass is 318 g/mol. The summed E-state index contributed by atoms with van der Waals surface area (Å²) in [5.74, 6) is 0.938. The van der Waals surface area contributed by atoms with E-state index in [-0.39, 0.29) is 0 Å². The number of methoxy groups -OCH3 is 1. The van der Waals surface area contributed by atoms with E-state index in [1.54, 1.807) is 7.11 Å². The molecule has 3 rings (SSSR count). The Morgan fingerprint density at radius 3 is 1.96 bits per heavy atom. The third-order valence-electron chi connectivity index (χ3n) is 4.54. The van der Waals surface area contributed by atoms with Crippen LogP contribution in [0.4, 0.5) is 0 Å². The highest BCUT2D eigenvalue weighted by atomic mass is 16.5. The Bertz CT molecular complexity index is 808. The van der Waals surface area contributed by atoms with Crippen molar-refractivity contribution in [2.24, 2.45) is 0 Å². The third-order valence-corrected chi connectivity index (χ3v) is 4.54. The van der Waals surface area contributed by atoms with Gasteiger partial charge in [-0.15, -0.1) is 0 Å². The molecule has 0 amide bonds. The maximum atomic E-state index is 5.54. The molecule has 0 aliphatic rings. The van der Waals surface area contributed by atoms with Gasteiger partial charge in [-0.3, -0.25) is 0 Å². The molecule has 1 nitrogen and oxygen atoms in total. The number of hydrogen-bond donors (Lipinski definition) is 0. The van der Waals surface area contributed by atoms with Gasteiger partial charge < -0.3 is 4.74 Å². The molecule has 0 saturated heterocycles. The zero-order chi connectivity index (χ0) is 16.9. The van der Waals surface area contributed by atoms with Crippen LogP contribution in [-0.4, -0.2) is 7.11 Å². The number of aryl methyl sites for hydroxylation is 2. The summed E-state index contributed by atoms with van der Waals surface area (Å²) >= 11 is 0. The number of rotatable bonds is 6. The fourth-order valence-corrected chi connectivity index (χ4v) is 3.49. The van der Waals surface area contributed by atoms with Gasteiger partial charge >= 0.3 is 0 Å². The van der Waals surface area contributed by atoms with Gasteiger partial charge in [0, 0.05) is 5.39 Å². The van der Waals surface area contributed by atoms with E-state index in [0.717, 1.165) is 18.6 Å². The summed E-state index contributed by atoms with van der Waals surface area (Å²) in [7, 11) is 1.74. The zero-order valence-electron chi connectivity index (χ0n) is 14.9. The van der Waals surface area contributed by atoms with Gasteiger partial charge in [-0.2, -0.15) is 0 Å². The summed E-state index contributed by atoms with van der Waals surface area (Å²) in [6.45, 7) is 4.49. The molecule has 0 atom stereocenters. The van der Waals surface area contributed by atoms with Gasteiger partial charge in [-0.25, -0.2) is 0 Å². The minimum atomic E-state index is 0.938. The molecule has 0 heterocycles. The summed E-state index contributed by atoms with van der Waals surface area (Å²) in [5, 5.41) is 2.43. The molecule has 124 valence electrons. The molecule has 3 aromatic rings. The molecule has 0 unspecified atom stereocenters. The summed E-state index contributed by atoms with van der Waals surface area (Å²) in [6.07, 6.45) is 4.63. The number of benzene rings is 3. The Labute approximate surface area is 145 Å². The summed E-state index contributed by atoms with van der Waals surface area (Å²) < 4.78 is 5.54. The Balaban J connectivity index is 2.19. The Morgan fingerprint density at radius 1 is 0.750 bits per heavy atom. The smallest absolute Gasteiger partial charge is 0.126 e. The van der Waals surface area contributed by atoms with Gasteiger partial charge in [0.2, 0.25) is 0 Å². The first-order valence-corrected chi connectivity index (χ1v) is 8.95. The largest absolute Gasteiger partial charge is 0.496 e. The highest BCUT2D eigenvalue weighted by molar-refractivity contribution is 6.00. The Kier molecular flexibility index (Phi) is 5.20. The first-order valence-electron chi connectivity index (χ1n) is 8.95. The molecule has 0 bridgehead atoms. The molecule has 1 heteroatoms. The van der Waals surface area contributed by atoms with E-state index in [1.165, 1.54) is 45.9 Å². The van der Waals surface area contributed by atoms with E-state index < -0.39 is 0 Å². The molecule has 24 heavy (non-hydrogen) atoms. The molecule has 0 aromatic heterocycles. The van der Waals surface area contributed by atoms with E-state index in [1.807, 2.05) is 0 Å². The molecule has 3 aromatic carbocycles. The standard InChI is InChI=1S/C23H26O/c1-4-8-17-14-18(9-5-2)16-19(15-17)20-12-13-23(24-3)22-11-7-6-10-21(20)22/h6-7,10-16H,4-5,8-9H2,1-3H3. The zero-order valence-corrected chi connectivity index (χ0v) is 14.9. The quantitative estimate of drug-likeness (QED) is 0.509. The lowest BCUT2D eigenvalue weighted by Gasteiger charge is -2.13. The number of fused-ring (bicyclic) bond motifs is 1. The van der Waals surface area contributed by atoms with Crippen molar-refractivity contribution < 1.29 is 4.74 Å². The van der Waals surface area contributed by atoms with Gasteiger partial charge in [0.15, 0.2) is 0 Å². The first kappa shape index (κ1) is 16.6. The maximum absolute atomic E-state index is 5.54. The van der Waals surface area contributed by atoms with Crippen molar-refractivity contribution in [1.29, 1.82) is 0 Å². The number of ether oxygens (including phenoxy) is 1. The van der Waals surface area contributed by atoms with Crippen LogP contribution in [0, 0.1) is 0 Å². The topological polar surface area (TPSA) is 9.23 Å². The lowest BCUT2D eigenvalue weighted by molar-refractivity contribution is 0.420. The van der Waals surface area contributed by atoms with Crippen LogP contribution in [-0.2, 0) is 12.8 Å². The Hall–Kier alpha value is -2.28. The van der Waals surface area contributed by atoms with Crippen molar-refractivity contribution >= 4 is 10.8 Å². The molecule has 0 saturated carbocycles. The molecule has 0 N–H and O–H groups in total. The van der Waals surface area contributed by atoms with Gasteiger partial charge in [-0.05, 0) is 46.5 Å². The lowest BCUT2D eigenvalue weighted by Crippen LogP contribution is -1.93. The van der Waals surface area contributed by atoms with Crippen LogP contribution < -0.4 is 4.74 Å². The SMILES string of the molecule is CCCc1cc(CCC)cc(-c2ccc(OC)c3ccccc23)c1. The van der Waals surface area contributed by atoms with Crippen LogP contribution in [0.1, 0.15) is 37.8 Å². The fraction of sp³-hybridized carbons (Fsp3) is 0.304. The Morgan fingerprint density at radius 2 is 1.38 bits per heavy atom. The highest BCUT2D eigenvalue weighted by Crippen LogP contribution is 2.35. The van der Waals surface area contributed by atoms with Crippen molar-refractivity contribution in [3.05, 3.63) is 65.7 Å². The van der Waals surface area contributed by atoms with Crippen molar-refractivity contribution in [2.45, 2.75) is 39.5 Å². The second-order valence-electron chi connectivity index (χ2n) is 6.40. The molecule has 0 radical (unpaired) electrons.